The first-order valence-corrected chi connectivity index (χ1v) is 9.03. The molecule has 24 heavy (non-hydrogen) atoms. The molecular weight excluding hydrogens is 308 g/mol. The number of hydrogen-bond acceptors (Lipinski definition) is 5. The number of furan rings is 1. The highest BCUT2D eigenvalue weighted by Gasteiger charge is 2.24. The average molecular weight is 336 g/mol. The van der Waals surface area contributed by atoms with Gasteiger partial charge in [-0.15, -0.1) is 0 Å². The molecule has 2 fully saturated rings. The molecule has 0 bridgehead atoms. The molecule has 0 saturated carbocycles. The molecule has 1 aromatic heterocycles. The Labute approximate surface area is 143 Å². The highest BCUT2D eigenvalue weighted by molar-refractivity contribution is 5.78. The van der Waals surface area contributed by atoms with E-state index < -0.39 is 0 Å². The molecule has 134 valence electrons. The molecule has 0 spiro atoms. The van der Waals surface area contributed by atoms with E-state index in [1.54, 1.807) is 6.26 Å². The van der Waals surface area contributed by atoms with E-state index in [4.69, 9.17) is 13.9 Å². The largest absolute Gasteiger partial charge is 0.467 e. The van der Waals surface area contributed by atoms with E-state index in [1.807, 2.05) is 12.1 Å². The predicted molar refractivity (Wildman–Crippen MR) is 89.5 cm³/mol. The number of carbonyl (C=O) groups excluding carboxylic acids is 1. The number of nitrogens with one attached hydrogen (secondary N) is 1. The second-order valence-corrected chi connectivity index (χ2v) is 6.62. The van der Waals surface area contributed by atoms with Crippen molar-refractivity contribution in [3.63, 3.8) is 0 Å². The second kappa shape index (κ2) is 9.20. The number of nitrogens with zero attached hydrogens (tertiary/aromatic N) is 1. The lowest BCUT2D eigenvalue weighted by Crippen LogP contribution is -2.41. The van der Waals surface area contributed by atoms with Crippen molar-refractivity contribution >= 4 is 5.91 Å². The Morgan fingerprint density at radius 1 is 1.33 bits per heavy atom. The van der Waals surface area contributed by atoms with E-state index in [-0.39, 0.29) is 11.8 Å². The molecule has 6 nitrogen and oxygen atoms in total. The minimum absolute atomic E-state index is 0.115. The third-order valence-corrected chi connectivity index (χ3v) is 4.85. The summed E-state index contributed by atoms with van der Waals surface area (Å²) >= 11 is 0. The van der Waals surface area contributed by atoms with Gasteiger partial charge in [0.25, 0.3) is 0 Å². The van der Waals surface area contributed by atoms with Gasteiger partial charge in [-0.05, 0) is 50.9 Å². The van der Waals surface area contributed by atoms with Crippen LogP contribution >= 0.6 is 0 Å². The Morgan fingerprint density at radius 2 is 2.21 bits per heavy atom. The van der Waals surface area contributed by atoms with E-state index >= 15 is 0 Å². The van der Waals surface area contributed by atoms with Crippen molar-refractivity contribution in [3.05, 3.63) is 24.2 Å². The van der Waals surface area contributed by atoms with Crippen molar-refractivity contribution in [2.45, 2.75) is 38.3 Å². The first-order valence-electron chi connectivity index (χ1n) is 9.03. The van der Waals surface area contributed by atoms with E-state index in [0.29, 0.717) is 19.3 Å². The maximum Gasteiger partial charge on any atom is 0.223 e. The van der Waals surface area contributed by atoms with Crippen LogP contribution in [0.4, 0.5) is 0 Å². The van der Waals surface area contributed by atoms with E-state index in [1.165, 1.54) is 0 Å². The maximum atomic E-state index is 12.2. The summed E-state index contributed by atoms with van der Waals surface area (Å²) in [5.41, 5.74) is 0. The van der Waals surface area contributed by atoms with Crippen LogP contribution in [0.25, 0.3) is 0 Å². The van der Waals surface area contributed by atoms with Crippen LogP contribution in [0.2, 0.25) is 0 Å². The fraction of sp³-hybridized carbons (Fsp3) is 0.722. The van der Waals surface area contributed by atoms with Crippen molar-refractivity contribution in [3.8, 4) is 0 Å². The third kappa shape index (κ3) is 5.33. The normalized spacial score (nSPS) is 22.8. The number of piperidine rings is 1. The lowest BCUT2D eigenvalue weighted by Gasteiger charge is -2.31. The van der Waals surface area contributed by atoms with Crippen molar-refractivity contribution in [2.75, 3.05) is 39.5 Å². The van der Waals surface area contributed by atoms with E-state index in [0.717, 1.165) is 64.3 Å². The summed E-state index contributed by atoms with van der Waals surface area (Å²) < 4.78 is 16.5. The molecule has 1 N–H and O–H groups in total. The van der Waals surface area contributed by atoms with Gasteiger partial charge >= 0.3 is 0 Å². The Balaban J connectivity index is 1.25. The molecule has 0 aliphatic carbocycles. The molecule has 2 saturated heterocycles. The van der Waals surface area contributed by atoms with Crippen LogP contribution < -0.4 is 5.32 Å². The molecular formula is C18H28N2O4. The van der Waals surface area contributed by atoms with Gasteiger partial charge in [0.2, 0.25) is 5.91 Å². The first-order chi connectivity index (χ1) is 11.8. The zero-order valence-corrected chi connectivity index (χ0v) is 14.2. The van der Waals surface area contributed by atoms with E-state index in [2.05, 4.69) is 10.2 Å². The molecule has 0 radical (unpaired) electrons. The van der Waals surface area contributed by atoms with Crippen LogP contribution in [-0.4, -0.2) is 56.4 Å². The number of likely N-dealkylation sites (tertiary alicyclic amines) is 1. The minimum Gasteiger partial charge on any atom is -0.467 e. The Hall–Kier alpha value is -1.37. The minimum atomic E-state index is 0.115. The molecule has 1 unspecified atom stereocenters. The Morgan fingerprint density at radius 3 is 2.92 bits per heavy atom. The van der Waals surface area contributed by atoms with Gasteiger partial charge in [-0.3, -0.25) is 4.79 Å². The lowest BCUT2D eigenvalue weighted by atomic mass is 9.96. The fourth-order valence-corrected chi connectivity index (χ4v) is 3.33. The SMILES string of the molecule is O=C(NCc1ccco1)C1CCN(CCOCC2CCCO2)CC1. The van der Waals surface area contributed by atoms with Gasteiger partial charge in [-0.1, -0.05) is 0 Å². The Kier molecular flexibility index (Phi) is 6.69. The van der Waals surface area contributed by atoms with Crippen molar-refractivity contribution in [1.29, 1.82) is 0 Å². The highest BCUT2D eigenvalue weighted by Crippen LogP contribution is 2.17. The smallest absolute Gasteiger partial charge is 0.223 e. The molecule has 3 rings (SSSR count). The van der Waals surface area contributed by atoms with Crippen molar-refractivity contribution in [1.82, 2.24) is 10.2 Å². The number of rotatable bonds is 8. The zero-order valence-electron chi connectivity index (χ0n) is 14.2. The van der Waals surface area contributed by atoms with Crippen LogP contribution in [0, 0.1) is 5.92 Å². The standard InChI is InChI=1S/C18H28N2O4/c21-18(19-13-16-3-1-10-23-16)15-5-7-20(8-6-15)9-12-22-14-17-4-2-11-24-17/h1,3,10,15,17H,2,4-9,11-14H2,(H,19,21). The predicted octanol–water partition coefficient (Wildman–Crippen LogP) is 1.80. The lowest BCUT2D eigenvalue weighted by molar-refractivity contribution is -0.126. The summed E-state index contributed by atoms with van der Waals surface area (Å²) in [6.07, 6.45) is 6.03. The van der Waals surface area contributed by atoms with Crippen LogP contribution in [0.15, 0.2) is 22.8 Å². The van der Waals surface area contributed by atoms with Gasteiger partial charge in [0.15, 0.2) is 0 Å². The molecule has 2 aliphatic rings. The molecule has 1 amide bonds. The summed E-state index contributed by atoms with van der Waals surface area (Å²) in [6, 6.07) is 3.71. The fourth-order valence-electron chi connectivity index (χ4n) is 3.33. The van der Waals surface area contributed by atoms with Crippen LogP contribution in [-0.2, 0) is 20.8 Å². The number of amides is 1. The quantitative estimate of drug-likeness (QED) is 0.734. The summed E-state index contributed by atoms with van der Waals surface area (Å²) in [4.78, 5) is 14.6. The van der Waals surface area contributed by atoms with Crippen LogP contribution in [0.1, 0.15) is 31.4 Å². The molecule has 1 aromatic rings. The zero-order chi connectivity index (χ0) is 16.6. The Bertz CT molecular complexity index is 477. The monoisotopic (exact) mass is 336 g/mol. The summed E-state index contributed by atoms with van der Waals surface area (Å²) in [7, 11) is 0. The molecule has 2 aliphatic heterocycles. The number of ether oxygens (including phenoxy) is 2. The van der Waals surface area contributed by atoms with Crippen molar-refractivity contribution < 1.29 is 18.7 Å². The molecule has 6 heteroatoms. The van der Waals surface area contributed by atoms with Gasteiger partial charge in [0.1, 0.15) is 5.76 Å². The summed E-state index contributed by atoms with van der Waals surface area (Å²) in [5.74, 6) is 1.05. The van der Waals surface area contributed by atoms with Crippen LogP contribution in [0.3, 0.4) is 0 Å². The van der Waals surface area contributed by atoms with Crippen LogP contribution in [0.5, 0.6) is 0 Å². The number of hydrogen-bond donors (Lipinski definition) is 1. The van der Waals surface area contributed by atoms with Gasteiger partial charge in [0.05, 0.1) is 32.1 Å². The third-order valence-electron chi connectivity index (χ3n) is 4.85. The maximum absolute atomic E-state index is 12.2. The first kappa shape index (κ1) is 17.5. The molecule has 0 aromatic carbocycles. The van der Waals surface area contributed by atoms with Gasteiger partial charge < -0.3 is 24.1 Å². The van der Waals surface area contributed by atoms with E-state index in [9.17, 15) is 4.79 Å². The second-order valence-electron chi connectivity index (χ2n) is 6.62. The molecule has 3 heterocycles. The van der Waals surface area contributed by atoms with Gasteiger partial charge in [-0.25, -0.2) is 0 Å². The molecule has 1 atom stereocenters. The van der Waals surface area contributed by atoms with Gasteiger partial charge in [-0.2, -0.15) is 0 Å². The topological polar surface area (TPSA) is 63.9 Å². The van der Waals surface area contributed by atoms with Crippen molar-refractivity contribution in [2.24, 2.45) is 5.92 Å². The number of carbonyl (C=O) groups is 1. The van der Waals surface area contributed by atoms with Gasteiger partial charge in [0, 0.05) is 19.1 Å². The highest BCUT2D eigenvalue weighted by atomic mass is 16.5. The summed E-state index contributed by atoms with van der Waals surface area (Å²) in [5, 5.41) is 2.96. The average Bonchev–Trinajstić information content (AvgIpc) is 3.31. The summed E-state index contributed by atoms with van der Waals surface area (Å²) in [6.45, 7) is 5.67.